The van der Waals surface area contributed by atoms with Crippen molar-refractivity contribution in [2.45, 2.75) is 6.92 Å². The van der Waals surface area contributed by atoms with E-state index in [2.05, 4.69) is 20.6 Å². The van der Waals surface area contributed by atoms with Crippen LogP contribution < -0.4 is 10.6 Å². The summed E-state index contributed by atoms with van der Waals surface area (Å²) < 4.78 is 0. The third-order valence-electron chi connectivity index (χ3n) is 3.11. The minimum atomic E-state index is -0.306. The van der Waals surface area contributed by atoms with E-state index in [1.54, 1.807) is 30.6 Å². The van der Waals surface area contributed by atoms with Crippen LogP contribution >= 0.6 is 11.6 Å². The average Bonchev–Trinajstić information content (AvgIpc) is 2.89. The molecule has 2 aromatic carbocycles. The van der Waals surface area contributed by atoms with Crippen LogP contribution in [0.5, 0.6) is 0 Å². The summed E-state index contributed by atoms with van der Waals surface area (Å²) in [7, 11) is 0. The van der Waals surface area contributed by atoms with E-state index in [9.17, 15) is 4.79 Å². The summed E-state index contributed by atoms with van der Waals surface area (Å²) in [6.07, 6.45) is 1.62. The van der Waals surface area contributed by atoms with Crippen LogP contribution in [0.25, 0.3) is 11.0 Å². The Kier molecular flexibility index (Phi) is 3.50. The van der Waals surface area contributed by atoms with Crippen LogP contribution in [0.1, 0.15) is 5.56 Å². The molecule has 2 amide bonds. The summed E-state index contributed by atoms with van der Waals surface area (Å²) in [6.45, 7) is 1.89. The number of nitrogens with zero attached hydrogens (tertiary/aromatic N) is 1. The van der Waals surface area contributed by atoms with E-state index in [4.69, 9.17) is 11.6 Å². The standard InChI is InChI=1S/C15H13ClN4O/c1-9-6-10(16)2-4-12(9)20-15(21)19-11-3-5-13-14(7-11)18-8-17-13/h2-8H,1H3,(H,17,18)(H2,19,20,21). The Hall–Kier alpha value is -2.53. The highest BCUT2D eigenvalue weighted by molar-refractivity contribution is 6.30. The summed E-state index contributed by atoms with van der Waals surface area (Å²) in [4.78, 5) is 19.1. The second kappa shape index (κ2) is 5.46. The molecule has 1 aromatic heterocycles. The normalized spacial score (nSPS) is 10.6. The first-order chi connectivity index (χ1) is 10.1. The third kappa shape index (κ3) is 2.98. The Balaban J connectivity index is 1.73. The minimum Gasteiger partial charge on any atom is -0.345 e. The van der Waals surface area contributed by atoms with Gasteiger partial charge in [-0.1, -0.05) is 11.6 Å². The van der Waals surface area contributed by atoms with Crippen LogP contribution in [0, 0.1) is 6.92 Å². The number of hydrogen-bond donors (Lipinski definition) is 3. The number of anilines is 2. The molecule has 0 bridgehead atoms. The maximum Gasteiger partial charge on any atom is 0.323 e. The van der Waals surface area contributed by atoms with Gasteiger partial charge in [-0.2, -0.15) is 0 Å². The predicted octanol–water partition coefficient (Wildman–Crippen LogP) is 4.17. The number of benzene rings is 2. The van der Waals surface area contributed by atoms with Crippen LogP contribution in [0.4, 0.5) is 16.2 Å². The zero-order valence-electron chi connectivity index (χ0n) is 11.3. The second-order valence-electron chi connectivity index (χ2n) is 4.67. The van der Waals surface area contributed by atoms with Crippen molar-refractivity contribution in [1.29, 1.82) is 0 Å². The number of imidazole rings is 1. The number of aromatic amines is 1. The van der Waals surface area contributed by atoms with Crippen molar-refractivity contribution in [3.8, 4) is 0 Å². The quantitative estimate of drug-likeness (QED) is 0.665. The maximum absolute atomic E-state index is 12.0. The van der Waals surface area contributed by atoms with Crippen molar-refractivity contribution in [1.82, 2.24) is 9.97 Å². The van der Waals surface area contributed by atoms with Crippen molar-refractivity contribution in [3.63, 3.8) is 0 Å². The molecule has 1 heterocycles. The van der Waals surface area contributed by atoms with Gasteiger partial charge in [-0.25, -0.2) is 9.78 Å². The third-order valence-corrected chi connectivity index (χ3v) is 3.35. The summed E-state index contributed by atoms with van der Waals surface area (Å²) in [5.41, 5.74) is 4.04. The van der Waals surface area contributed by atoms with E-state index in [0.717, 1.165) is 22.3 Å². The topological polar surface area (TPSA) is 69.8 Å². The van der Waals surface area contributed by atoms with Crippen molar-refractivity contribution in [2.24, 2.45) is 0 Å². The lowest BCUT2D eigenvalue weighted by Crippen LogP contribution is -2.19. The largest absolute Gasteiger partial charge is 0.345 e. The van der Waals surface area contributed by atoms with Crippen molar-refractivity contribution < 1.29 is 4.79 Å². The van der Waals surface area contributed by atoms with Crippen LogP contribution in [-0.2, 0) is 0 Å². The molecular weight excluding hydrogens is 288 g/mol. The molecule has 0 spiro atoms. The highest BCUT2D eigenvalue weighted by Crippen LogP contribution is 2.20. The van der Waals surface area contributed by atoms with E-state index < -0.39 is 0 Å². The number of carbonyl (C=O) groups excluding carboxylic acids is 1. The molecule has 0 aliphatic rings. The van der Waals surface area contributed by atoms with E-state index >= 15 is 0 Å². The van der Waals surface area contributed by atoms with Crippen LogP contribution in [0.3, 0.4) is 0 Å². The molecular formula is C15H13ClN4O. The molecule has 0 radical (unpaired) electrons. The second-order valence-corrected chi connectivity index (χ2v) is 5.11. The fraction of sp³-hybridized carbons (Fsp3) is 0.0667. The van der Waals surface area contributed by atoms with E-state index in [1.807, 2.05) is 19.1 Å². The molecule has 3 N–H and O–H groups in total. The van der Waals surface area contributed by atoms with Crippen molar-refractivity contribution in [3.05, 3.63) is 53.3 Å². The number of halogens is 1. The molecule has 3 rings (SSSR count). The molecule has 0 saturated heterocycles. The fourth-order valence-electron chi connectivity index (χ4n) is 2.07. The number of amides is 2. The van der Waals surface area contributed by atoms with E-state index in [0.29, 0.717) is 10.7 Å². The Morgan fingerprint density at radius 1 is 1.19 bits per heavy atom. The number of rotatable bonds is 2. The molecule has 0 atom stereocenters. The highest BCUT2D eigenvalue weighted by atomic mass is 35.5. The first-order valence-corrected chi connectivity index (χ1v) is 6.77. The SMILES string of the molecule is Cc1cc(Cl)ccc1NC(=O)Nc1ccc2nc[nH]c2c1. The summed E-state index contributed by atoms with van der Waals surface area (Å²) >= 11 is 5.89. The predicted molar refractivity (Wildman–Crippen MR) is 84.9 cm³/mol. The van der Waals surface area contributed by atoms with Gasteiger partial charge in [0.05, 0.1) is 17.4 Å². The maximum atomic E-state index is 12.0. The molecule has 0 unspecified atom stereocenters. The molecule has 5 nitrogen and oxygen atoms in total. The number of nitrogens with one attached hydrogen (secondary N) is 3. The van der Waals surface area contributed by atoms with Crippen LogP contribution in [0.15, 0.2) is 42.7 Å². The minimum absolute atomic E-state index is 0.306. The smallest absolute Gasteiger partial charge is 0.323 e. The molecule has 0 aliphatic heterocycles. The lowest BCUT2D eigenvalue weighted by Gasteiger charge is -2.10. The van der Waals surface area contributed by atoms with Gasteiger partial charge in [0.1, 0.15) is 0 Å². The lowest BCUT2D eigenvalue weighted by atomic mass is 10.2. The Labute approximate surface area is 126 Å². The zero-order valence-corrected chi connectivity index (χ0v) is 12.0. The Morgan fingerprint density at radius 2 is 2.05 bits per heavy atom. The molecule has 0 aliphatic carbocycles. The van der Waals surface area contributed by atoms with Gasteiger partial charge in [0.15, 0.2) is 0 Å². The van der Waals surface area contributed by atoms with Gasteiger partial charge in [0.2, 0.25) is 0 Å². The van der Waals surface area contributed by atoms with Gasteiger partial charge in [0.25, 0.3) is 0 Å². The fourth-order valence-corrected chi connectivity index (χ4v) is 2.29. The van der Waals surface area contributed by atoms with E-state index in [1.165, 1.54) is 0 Å². The molecule has 3 aromatic rings. The molecule has 106 valence electrons. The van der Waals surface area contributed by atoms with Gasteiger partial charge in [0, 0.05) is 16.4 Å². The lowest BCUT2D eigenvalue weighted by molar-refractivity contribution is 0.262. The number of aromatic nitrogens is 2. The van der Waals surface area contributed by atoms with E-state index in [-0.39, 0.29) is 6.03 Å². The monoisotopic (exact) mass is 300 g/mol. The molecule has 0 fully saturated rings. The van der Waals surface area contributed by atoms with Crippen LogP contribution in [0.2, 0.25) is 5.02 Å². The van der Waals surface area contributed by atoms with Gasteiger partial charge in [-0.3, -0.25) is 0 Å². The number of fused-ring (bicyclic) bond motifs is 1. The summed E-state index contributed by atoms with van der Waals surface area (Å²) in [5, 5.41) is 6.22. The first kappa shape index (κ1) is 13.5. The highest BCUT2D eigenvalue weighted by Gasteiger charge is 2.06. The van der Waals surface area contributed by atoms with Gasteiger partial charge < -0.3 is 15.6 Å². The summed E-state index contributed by atoms with van der Waals surface area (Å²) in [5.74, 6) is 0. The Morgan fingerprint density at radius 3 is 2.86 bits per heavy atom. The zero-order chi connectivity index (χ0) is 14.8. The van der Waals surface area contributed by atoms with Gasteiger partial charge in [-0.15, -0.1) is 0 Å². The molecule has 0 saturated carbocycles. The number of hydrogen-bond acceptors (Lipinski definition) is 2. The Bertz CT molecular complexity index is 812. The van der Waals surface area contributed by atoms with Crippen molar-refractivity contribution >= 4 is 40.0 Å². The molecule has 21 heavy (non-hydrogen) atoms. The summed E-state index contributed by atoms with van der Waals surface area (Å²) in [6, 6.07) is 10.5. The number of aryl methyl sites for hydroxylation is 1. The van der Waals surface area contributed by atoms with Gasteiger partial charge in [-0.05, 0) is 48.9 Å². The molecule has 6 heteroatoms. The number of urea groups is 1. The van der Waals surface area contributed by atoms with Gasteiger partial charge >= 0.3 is 6.03 Å². The number of H-pyrrole nitrogens is 1. The average molecular weight is 301 g/mol. The first-order valence-electron chi connectivity index (χ1n) is 6.39. The number of carbonyl (C=O) groups is 1. The van der Waals surface area contributed by atoms with Crippen molar-refractivity contribution in [2.75, 3.05) is 10.6 Å². The van der Waals surface area contributed by atoms with Crippen LogP contribution in [-0.4, -0.2) is 16.0 Å².